The van der Waals surface area contributed by atoms with Crippen molar-refractivity contribution in [2.75, 3.05) is 20.0 Å². The van der Waals surface area contributed by atoms with Crippen molar-refractivity contribution < 1.29 is 19.2 Å². The van der Waals surface area contributed by atoms with Crippen LogP contribution in [0.15, 0.2) is 12.1 Å². The molecule has 7 heteroatoms. The van der Waals surface area contributed by atoms with Crippen LogP contribution in [0.3, 0.4) is 0 Å². The van der Waals surface area contributed by atoms with Crippen molar-refractivity contribution >= 4 is 17.3 Å². The Morgan fingerprint density at radius 1 is 1.47 bits per heavy atom. The molecule has 0 aromatic heterocycles. The lowest BCUT2D eigenvalue weighted by Gasteiger charge is -2.08. The van der Waals surface area contributed by atoms with Gasteiger partial charge in [-0.05, 0) is 11.6 Å². The number of esters is 1. The predicted octanol–water partition coefficient (Wildman–Crippen LogP) is 0.901. The highest BCUT2D eigenvalue weighted by Gasteiger charge is 2.19. The van der Waals surface area contributed by atoms with Crippen molar-refractivity contribution in [1.82, 2.24) is 0 Å². The monoisotopic (exact) mass is 240 g/mol. The number of nitrogens with two attached hydrogens (primary N) is 1. The average molecular weight is 240 g/mol. The van der Waals surface area contributed by atoms with Crippen LogP contribution in [0.25, 0.3) is 0 Å². The van der Waals surface area contributed by atoms with Crippen LogP contribution in [0.1, 0.15) is 5.56 Å². The highest BCUT2D eigenvalue weighted by molar-refractivity contribution is 5.78. The second-order valence-corrected chi connectivity index (χ2v) is 3.23. The molecule has 0 spiro atoms. The standard InChI is InChI=1S/C10H12N2O5/c1-16-7-3-6(4-9(13)17-2)10(11)8(5-7)12(14)15/h3,5H,4,11H2,1-2H3. The van der Waals surface area contributed by atoms with Crippen molar-refractivity contribution in [1.29, 1.82) is 0 Å². The quantitative estimate of drug-likeness (QED) is 0.363. The predicted molar refractivity (Wildman–Crippen MR) is 59.8 cm³/mol. The summed E-state index contributed by atoms with van der Waals surface area (Å²) in [5.41, 5.74) is 5.57. The number of benzene rings is 1. The second kappa shape index (κ2) is 5.15. The first-order valence-corrected chi connectivity index (χ1v) is 4.67. The van der Waals surface area contributed by atoms with Gasteiger partial charge in [-0.15, -0.1) is 0 Å². The summed E-state index contributed by atoms with van der Waals surface area (Å²) >= 11 is 0. The summed E-state index contributed by atoms with van der Waals surface area (Å²) in [6.07, 6.45) is -0.139. The Hall–Kier alpha value is -2.31. The van der Waals surface area contributed by atoms with Gasteiger partial charge in [0.05, 0.1) is 31.6 Å². The van der Waals surface area contributed by atoms with Gasteiger partial charge in [0.1, 0.15) is 11.4 Å². The summed E-state index contributed by atoms with van der Waals surface area (Å²) < 4.78 is 9.38. The maximum atomic E-state index is 11.1. The Kier molecular flexibility index (Phi) is 3.86. The Balaban J connectivity index is 3.23. The minimum absolute atomic E-state index is 0.0544. The van der Waals surface area contributed by atoms with Gasteiger partial charge in [0, 0.05) is 0 Å². The largest absolute Gasteiger partial charge is 0.496 e. The van der Waals surface area contributed by atoms with E-state index in [0.29, 0.717) is 5.56 Å². The van der Waals surface area contributed by atoms with E-state index >= 15 is 0 Å². The summed E-state index contributed by atoms with van der Waals surface area (Å²) in [6.45, 7) is 0. The number of hydrogen-bond donors (Lipinski definition) is 1. The van der Waals surface area contributed by atoms with Crippen molar-refractivity contribution in [2.45, 2.75) is 6.42 Å². The number of methoxy groups -OCH3 is 2. The number of nitro groups is 1. The van der Waals surface area contributed by atoms with Crippen molar-refractivity contribution in [3.63, 3.8) is 0 Å². The third-order valence-corrected chi connectivity index (χ3v) is 2.21. The lowest BCUT2D eigenvalue weighted by molar-refractivity contribution is -0.384. The molecule has 0 atom stereocenters. The summed E-state index contributed by atoms with van der Waals surface area (Å²) in [5.74, 6) is -0.260. The minimum Gasteiger partial charge on any atom is -0.496 e. The van der Waals surface area contributed by atoms with Gasteiger partial charge in [-0.1, -0.05) is 0 Å². The number of hydrogen-bond acceptors (Lipinski definition) is 6. The number of nitrogens with zero attached hydrogens (tertiary/aromatic N) is 1. The van der Waals surface area contributed by atoms with Gasteiger partial charge in [0.15, 0.2) is 0 Å². The van der Waals surface area contributed by atoms with Crippen LogP contribution in [0.2, 0.25) is 0 Å². The van der Waals surface area contributed by atoms with E-state index in [-0.39, 0.29) is 23.5 Å². The van der Waals surface area contributed by atoms with E-state index < -0.39 is 10.9 Å². The molecule has 0 radical (unpaired) electrons. The Bertz CT molecular complexity index is 458. The van der Waals surface area contributed by atoms with Crippen LogP contribution in [-0.2, 0) is 16.0 Å². The fraction of sp³-hybridized carbons (Fsp3) is 0.300. The van der Waals surface area contributed by atoms with Gasteiger partial charge >= 0.3 is 5.97 Å². The molecule has 0 unspecified atom stereocenters. The molecular formula is C10H12N2O5. The fourth-order valence-corrected chi connectivity index (χ4v) is 1.31. The maximum Gasteiger partial charge on any atom is 0.310 e. The van der Waals surface area contributed by atoms with Crippen LogP contribution in [0.4, 0.5) is 11.4 Å². The van der Waals surface area contributed by atoms with Crippen LogP contribution >= 0.6 is 0 Å². The SMILES string of the molecule is COC(=O)Cc1cc(OC)cc([N+](=O)[O-])c1N. The van der Waals surface area contributed by atoms with E-state index in [4.69, 9.17) is 10.5 Å². The highest BCUT2D eigenvalue weighted by atomic mass is 16.6. The van der Waals surface area contributed by atoms with Crippen molar-refractivity contribution in [3.05, 3.63) is 27.8 Å². The number of ether oxygens (including phenoxy) is 2. The van der Waals surface area contributed by atoms with Crippen molar-refractivity contribution in [2.24, 2.45) is 0 Å². The first kappa shape index (κ1) is 12.8. The number of nitrogen functional groups attached to an aromatic ring is 1. The number of rotatable bonds is 4. The lowest BCUT2D eigenvalue weighted by atomic mass is 10.1. The zero-order chi connectivity index (χ0) is 13.0. The van der Waals surface area contributed by atoms with Crippen LogP contribution < -0.4 is 10.5 Å². The molecule has 0 aliphatic heterocycles. The molecule has 0 aliphatic carbocycles. The summed E-state index contributed by atoms with van der Waals surface area (Å²) in [5, 5.41) is 10.8. The van der Waals surface area contributed by atoms with E-state index in [1.54, 1.807) is 0 Å². The first-order valence-electron chi connectivity index (χ1n) is 4.67. The molecule has 0 fully saturated rings. The van der Waals surface area contributed by atoms with Crippen LogP contribution in [0, 0.1) is 10.1 Å². The third kappa shape index (κ3) is 2.83. The highest BCUT2D eigenvalue weighted by Crippen LogP contribution is 2.31. The first-order chi connectivity index (χ1) is 7.99. The summed E-state index contributed by atoms with van der Waals surface area (Å²) in [6, 6.07) is 2.68. The molecule has 0 bridgehead atoms. The zero-order valence-corrected chi connectivity index (χ0v) is 9.43. The molecular weight excluding hydrogens is 228 g/mol. The normalized spacial score (nSPS) is 9.76. The molecule has 1 aromatic rings. The van der Waals surface area contributed by atoms with Gasteiger partial charge in [-0.3, -0.25) is 14.9 Å². The molecule has 0 heterocycles. The molecule has 0 saturated heterocycles. The Labute approximate surface area is 97.3 Å². The molecule has 0 saturated carbocycles. The second-order valence-electron chi connectivity index (χ2n) is 3.23. The van der Waals surface area contributed by atoms with E-state index in [0.717, 1.165) is 0 Å². The zero-order valence-electron chi connectivity index (χ0n) is 9.43. The molecule has 0 amide bonds. The molecule has 7 nitrogen and oxygen atoms in total. The van der Waals surface area contributed by atoms with E-state index in [1.165, 1.54) is 26.4 Å². The number of nitro benzene ring substituents is 1. The van der Waals surface area contributed by atoms with E-state index in [2.05, 4.69) is 4.74 Å². The van der Waals surface area contributed by atoms with Gasteiger partial charge in [-0.25, -0.2) is 0 Å². The molecule has 0 aliphatic rings. The van der Waals surface area contributed by atoms with Crippen LogP contribution in [-0.4, -0.2) is 25.1 Å². The maximum absolute atomic E-state index is 11.1. The van der Waals surface area contributed by atoms with Gasteiger partial charge < -0.3 is 15.2 Å². The molecule has 92 valence electrons. The van der Waals surface area contributed by atoms with Gasteiger partial charge in [-0.2, -0.15) is 0 Å². The fourth-order valence-electron chi connectivity index (χ4n) is 1.31. The molecule has 17 heavy (non-hydrogen) atoms. The Morgan fingerprint density at radius 2 is 2.12 bits per heavy atom. The minimum atomic E-state index is -0.626. The summed E-state index contributed by atoms with van der Waals surface area (Å²) in [7, 11) is 2.60. The smallest absolute Gasteiger partial charge is 0.310 e. The van der Waals surface area contributed by atoms with E-state index in [9.17, 15) is 14.9 Å². The van der Waals surface area contributed by atoms with Gasteiger partial charge in [0.25, 0.3) is 5.69 Å². The molecule has 2 N–H and O–H groups in total. The van der Waals surface area contributed by atoms with E-state index in [1.807, 2.05) is 0 Å². The number of anilines is 1. The van der Waals surface area contributed by atoms with Crippen LogP contribution in [0.5, 0.6) is 5.75 Å². The lowest BCUT2D eigenvalue weighted by Crippen LogP contribution is -2.08. The average Bonchev–Trinajstić information content (AvgIpc) is 2.31. The number of carbonyl (C=O) groups excluding carboxylic acids is 1. The number of carbonyl (C=O) groups is 1. The Morgan fingerprint density at radius 3 is 2.59 bits per heavy atom. The topological polar surface area (TPSA) is 105 Å². The van der Waals surface area contributed by atoms with Crippen molar-refractivity contribution in [3.8, 4) is 5.75 Å². The summed E-state index contributed by atoms with van der Waals surface area (Å²) in [4.78, 5) is 21.3. The third-order valence-electron chi connectivity index (χ3n) is 2.21. The molecule has 1 rings (SSSR count). The molecule has 1 aromatic carbocycles. The van der Waals surface area contributed by atoms with Gasteiger partial charge in [0.2, 0.25) is 0 Å².